The Balaban J connectivity index is 2.15. The van der Waals surface area contributed by atoms with E-state index in [0.717, 1.165) is 15.6 Å². The van der Waals surface area contributed by atoms with Gasteiger partial charge in [0.15, 0.2) is 6.10 Å². The average molecular weight is 370 g/mol. The highest BCUT2D eigenvalue weighted by atomic mass is 79.9. The molecule has 0 aromatic heterocycles. The van der Waals surface area contributed by atoms with E-state index in [9.17, 15) is 9.90 Å². The van der Waals surface area contributed by atoms with Crippen molar-refractivity contribution in [2.45, 2.75) is 19.4 Å². The number of ether oxygens (including phenoxy) is 1. The Morgan fingerprint density at radius 2 is 2.10 bits per heavy atom. The molecule has 5 heteroatoms. The summed E-state index contributed by atoms with van der Waals surface area (Å²) >= 11 is 9.32. The fourth-order valence-corrected chi connectivity index (χ4v) is 2.48. The number of benzene rings is 2. The second kappa shape index (κ2) is 6.96. The van der Waals surface area contributed by atoms with Crippen LogP contribution in [0.1, 0.15) is 11.1 Å². The van der Waals surface area contributed by atoms with Crippen LogP contribution in [0.2, 0.25) is 5.02 Å². The number of rotatable bonds is 5. The van der Waals surface area contributed by atoms with Crippen LogP contribution in [-0.2, 0) is 11.2 Å². The smallest absolute Gasteiger partial charge is 0.345 e. The lowest BCUT2D eigenvalue weighted by atomic mass is 10.1. The zero-order valence-corrected chi connectivity index (χ0v) is 13.7. The predicted molar refractivity (Wildman–Crippen MR) is 86.1 cm³/mol. The maximum atomic E-state index is 11.4. The summed E-state index contributed by atoms with van der Waals surface area (Å²) in [5, 5.41) is 9.95. The lowest BCUT2D eigenvalue weighted by Gasteiger charge is -2.16. The Hall–Kier alpha value is -1.52. The summed E-state index contributed by atoms with van der Waals surface area (Å²) in [5.74, 6) is -0.498. The molecular formula is C16H14BrClO3. The summed E-state index contributed by atoms with van der Waals surface area (Å²) in [6.45, 7) is 1.85. The topological polar surface area (TPSA) is 46.5 Å². The van der Waals surface area contributed by atoms with Gasteiger partial charge in [0.1, 0.15) is 5.75 Å². The van der Waals surface area contributed by atoms with Crippen molar-refractivity contribution >= 4 is 33.5 Å². The van der Waals surface area contributed by atoms with E-state index >= 15 is 0 Å². The molecule has 110 valence electrons. The number of hydrogen-bond donors (Lipinski definition) is 1. The van der Waals surface area contributed by atoms with E-state index in [1.54, 1.807) is 18.2 Å². The Kier molecular flexibility index (Phi) is 5.26. The molecule has 0 heterocycles. The van der Waals surface area contributed by atoms with Crippen molar-refractivity contribution < 1.29 is 14.6 Å². The number of halogens is 2. The van der Waals surface area contributed by atoms with E-state index in [1.807, 2.05) is 31.2 Å². The first-order valence-corrected chi connectivity index (χ1v) is 7.53. The van der Waals surface area contributed by atoms with Crippen LogP contribution in [0.5, 0.6) is 5.75 Å². The van der Waals surface area contributed by atoms with Crippen LogP contribution in [-0.4, -0.2) is 17.2 Å². The minimum Gasteiger partial charge on any atom is -0.478 e. The molecule has 0 bridgehead atoms. The fourth-order valence-electron chi connectivity index (χ4n) is 1.91. The zero-order chi connectivity index (χ0) is 15.4. The molecule has 3 nitrogen and oxygen atoms in total. The maximum Gasteiger partial charge on any atom is 0.345 e. The van der Waals surface area contributed by atoms with Crippen LogP contribution >= 0.6 is 27.5 Å². The van der Waals surface area contributed by atoms with Crippen molar-refractivity contribution in [2.75, 3.05) is 0 Å². The van der Waals surface area contributed by atoms with Crippen molar-refractivity contribution in [3.05, 3.63) is 63.1 Å². The number of hydrogen-bond acceptors (Lipinski definition) is 2. The summed E-state index contributed by atoms with van der Waals surface area (Å²) in [4.78, 5) is 11.4. The quantitative estimate of drug-likeness (QED) is 0.845. The molecule has 1 atom stereocenters. The van der Waals surface area contributed by atoms with Gasteiger partial charge in [-0.2, -0.15) is 0 Å². The van der Waals surface area contributed by atoms with E-state index in [-0.39, 0.29) is 6.42 Å². The van der Waals surface area contributed by atoms with Gasteiger partial charge >= 0.3 is 5.97 Å². The Morgan fingerprint density at radius 3 is 2.71 bits per heavy atom. The molecule has 1 N–H and O–H groups in total. The van der Waals surface area contributed by atoms with Gasteiger partial charge in [0, 0.05) is 15.9 Å². The highest BCUT2D eigenvalue weighted by molar-refractivity contribution is 9.10. The van der Waals surface area contributed by atoms with E-state index < -0.39 is 12.1 Å². The van der Waals surface area contributed by atoms with Gasteiger partial charge in [-0.1, -0.05) is 39.7 Å². The van der Waals surface area contributed by atoms with E-state index in [4.69, 9.17) is 16.3 Å². The van der Waals surface area contributed by atoms with Gasteiger partial charge in [-0.05, 0) is 48.4 Å². The van der Waals surface area contributed by atoms with Crippen LogP contribution < -0.4 is 4.74 Å². The number of carboxylic acid groups (broad SMARTS) is 1. The molecule has 0 amide bonds. The summed E-state index contributed by atoms with van der Waals surface area (Å²) in [6.07, 6.45) is -0.656. The average Bonchev–Trinajstić information content (AvgIpc) is 2.42. The standard InChI is InChI=1S/C16H14BrClO3/c1-10-7-13(5-6-14(10)18)21-15(16(19)20)9-11-3-2-4-12(17)8-11/h2-8,15H,9H2,1H3,(H,19,20)/t15-/m1/s1. The lowest BCUT2D eigenvalue weighted by Crippen LogP contribution is -2.29. The van der Waals surface area contributed by atoms with Crippen molar-refractivity contribution in [3.8, 4) is 5.75 Å². The highest BCUT2D eigenvalue weighted by Gasteiger charge is 2.20. The van der Waals surface area contributed by atoms with Crippen LogP contribution in [0.4, 0.5) is 0 Å². The van der Waals surface area contributed by atoms with Gasteiger partial charge < -0.3 is 9.84 Å². The van der Waals surface area contributed by atoms with Crippen molar-refractivity contribution in [1.82, 2.24) is 0 Å². The van der Waals surface area contributed by atoms with Gasteiger partial charge in [0.05, 0.1) is 0 Å². The number of aliphatic carboxylic acids is 1. The monoisotopic (exact) mass is 368 g/mol. The Bertz CT molecular complexity index is 658. The molecule has 0 spiro atoms. The second-order valence-electron chi connectivity index (χ2n) is 4.69. The van der Waals surface area contributed by atoms with E-state index in [1.165, 1.54) is 0 Å². The molecule has 0 aliphatic rings. The normalized spacial score (nSPS) is 12.0. The van der Waals surface area contributed by atoms with Gasteiger partial charge in [-0.3, -0.25) is 0 Å². The third kappa shape index (κ3) is 4.48. The Labute approximate surface area is 136 Å². The third-order valence-electron chi connectivity index (χ3n) is 2.99. The maximum absolute atomic E-state index is 11.4. The molecule has 0 aliphatic heterocycles. The predicted octanol–water partition coefficient (Wildman–Crippen LogP) is 4.49. The van der Waals surface area contributed by atoms with Crippen LogP contribution in [0.15, 0.2) is 46.9 Å². The summed E-state index contributed by atoms with van der Waals surface area (Å²) in [7, 11) is 0. The van der Waals surface area contributed by atoms with Crippen LogP contribution in [0.25, 0.3) is 0 Å². The minimum atomic E-state index is -0.998. The molecule has 2 aromatic rings. The second-order valence-corrected chi connectivity index (χ2v) is 6.01. The zero-order valence-electron chi connectivity index (χ0n) is 11.3. The summed E-state index contributed by atoms with van der Waals surface area (Å²) in [6, 6.07) is 12.6. The number of carboxylic acids is 1. The number of carbonyl (C=O) groups is 1. The molecule has 21 heavy (non-hydrogen) atoms. The lowest BCUT2D eigenvalue weighted by molar-refractivity contribution is -0.145. The fraction of sp³-hybridized carbons (Fsp3) is 0.188. The molecule has 0 saturated heterocycles. The van der Waals surface area contributed by atoms with Crippen LogP contribution in [0, 0.1) is 6.92 Å². The largest absolute Gasteiger partial charge is 0.478 e. The molecular weight excluding hydrogens is 356 g/mol. The first-order chi connectivity index (χ1) is 9.95. The first-order valence-electron chi connectivity index (χ1n) is 6.36. The van der Waals surface area contributed by atoms with Gasteiger partial charge in [-0.15, -0.1) is 0 Å². The Morgan fingerprint density at radius 1 is 1.33 bits per heavy atom. The van der Waals surface area contributed by atoms with Crippen molar-refractivity contribution in [2.24, 2.45) is 0 Å². The molecule has 0 unspecified atom stereocenters. The molecule has 2 rings (SSSR count). The molecule has 0 aliphatic carbocycles. The first kappa shape index (κ1) is 15.9. The van der Waals surface area contributed by atoms with Crippen LogP contribution in [0.3, 0.4) is 0 Å². The molecule has 0 saturated carbocycles. The molecule has 2 aromatic carbocycles. The molecule has 0 fully saturated rings. The highest BCUT2D eigenvalue weighted by Crippen LogP contribution is 2.23. The van der Waals surface area contributed by atoms with Gasteiger partial charge in [0.2, 0.25) is 0 Å². The van der Waals surface area contributed by atoms with Gasteiger partial charge in [-0.25, -0.2) is 4.79 Å². The summed E-state index contributed by atoms with van der Waals surface area (Å²) in [5.41, 5.74) is 1.74. The van der Waals surface area contributed by atoms with Gasteiger partial charge in [0.25, 0.3) is 0 Å². The summed E-state index contributed by atoms with van der Waals surface area (Å²) < 4.78 is 6.49. The van der Waals surface area contributed by atoms with E-state index in [0.29, 0.717) is 10.8 Å². The number of aryl methyl sites for hydroxylation is 1. The van der Waals surface area contributed by atoms with Crippen molar-refractivity contribution in [1.29, 1.82) is 0 Å². The minimum absolute atomic E-state index is 0.288. The third-order valence-corrected chi connectivity index (χ3v) is 3.91. The SMILES string of the molecule is Cc1cc(O[C@H](Cc2cccc(Br)c2)C(=O)O)ccc1Cl. The van der Waals surface area contributed by atoms with Crippen molar-refractivity contribution in [3.63, 3.8) is 0 Å². The van der Waals surface area contributed by atoms with E-state index in [2.05, 4.69) is 15.9 Å². The molecule has 0 radical (unpaired) electrons.